The molecule has 1 saturated heterocycles. The molecule has 0 spiro atoms. The number of carbonyl (C=O) groups is 1. The van der Waals surface area contributed by atoms with Crippen LogP contribution < -0.4 is 10.0 Å². The molecule has 31 heavy (non-hydrogen) atoms. The van der Waals surface area contributed by atoms with Crippen LogP contribution in [0.3, 0.4) is 0 Å². The lowest BCUT2D eigenvalue weighted by molar-refractivity contribution is -0.119. The standard InChI is InChI=1S/C21H22ClFN6OS/c1-28-19(10-13-6-4-3-5-7-13)25-26-20(28)17-12-18(29(2)31-27-17)21(30)24-14-8-9-16(23)15(22)11-14/h3-9,11,17-18,27H,10,12H2,1-2H3,(H,24,30). The molecule has 1 aliphatic rings. The summed E-state index contributed by atoms with van der Waals surface area (Å²) in [4.78, 5) is 12.9. The van der Waals surface area contributed by atoms with Gasteiger partial charge >= 0.3 is 0 Å². The SMILES string of the molecule is CN1SNC(c2nnc(Cc3ccccc3)n2C)CC1C(=O)Nc1ccc(F)c(Cl)c1. The fourth-order valence-corrected chi connectivity index (χ4v) is 4.46. The lowest BCUT2D eigenvalue weighted by Gasteiger charge is -2.35. The van der Waals surface area contributed by atoms with E-state index in [4.69, 9.17) is 11.6 Å². The summed E-state index contributed by atoms with van der Waals surface area (Å²) in [6, 6.07) is 13.6. The molecule has 1 aliphatic heterocycles. The highest BCUT2D eigenvalue weighted by Crippen LogP contribution is 2.31. The highest BCUT2D eigenvalue weighted by atomic mass is 35.5. The Morgan fingerprint density at radius 1 is 1.26 bits per heavy atom. The van der Waals surface area contributed by atoms with Crippen LogP contribution in [-0.4, -0.2) is 38.1 Å². The lowest BCUT2D eigenvalue weighted by atomic mass is 10.1. The Hall–Kier alpha value is -2.46. The van der Waals surface area contributed by atoms with Crippen molar-refractivity contribution in [1.29, 1.82) is 0 Å². The zero-order chi connectivity index (χ0) is 22.0. The Kier molecular flexibility index (Phi) is 6.57. The van der Waals surface area contributed by atoms with E-state index < -0.39 is 11.9 Å². The van der Waals surface area contributed by atoms with E-state index in [-0.39, 0.29) is 17.0 Å². The van der Waals surface area contributed by atoms with Gasteiger partial charge in [-0.2, -0.15) is 0 Å². The van der Waals surface area contributed by atoms with Crippen LogP contribution in [0.2, 0.25) is 5.02 Å². The molecule has 0 bridgehead atoms. The highest BCUT2D eigenvalue weighted by Gasteiger charge is 2.35. The quantitative estimate of drug-likeness (QED) is 0.565. The average molecular weight is 461 g/mol. The van der Waals surface area contributed by atoms with Crippen LogP contribution in [0.4, 0.5) is 10.1 Å². The van der Waals surface area contributed by atoms with Gasteiger partial charge in [0.1, 0.15) is 17.7 Å². The fraction of sp³-hybridized carbons (Fsp3) is 0.286. The van der Waals surface area contributed by atoms with E-state index in [9.17, 15) is 9.18 Å². The maximum atomic E-state index is 13.4. The van der Waals surface area contributed by atoms with E-state index >= 15 is 0 Å². The van der Waals surface area contributed by atoms with Crippen molar-refractivity contribution in [1.82, 2.24) is 23.8 Å². The van der Waals surface area contributed by atoms with Gasteiger partial charge in [0.2, 0.25) is 5.91 Å². The molecule has 0 saturated carbocycles. The van der Waals surface area contributed by atoms with Gasteiger partial charge < -0.3 is 9.88 Å². The minimum absolute atomic E-state index is 0.0336. The van der Waals surface area contributed by atoms with Crippen molar-refractivity contribution >= 4 is 35.3 Å². The monoisotopic (exact) mass is 460 g/mol. The zero-order valence-electron chi connectivity index (χ0n) is 17.0. The normalized spacial score (nSPS) is 19.4. The van der Waals surface area contributed by atoms with Gasteiger partial charge in [-0.3, -0.25) is 4.79 Å². The van der Waals surface area contributed by atoms with Crippen LogP contribution >= 0.6 is 23.7 Å². The Labute approximate surface area is 189 Å². The molecule has 1 aromatic heterocycles. The molecule has 2 heterocycles. The van der Waals surface area contributed by atoms with Gasteiger partial charge in [-0.15, -0.1) is 10.2 Å². The zero-order valence-corrected chi connectivity index (χ0v) is 18.6. The van der Waals surface area contributed by atoms with E-state index in [1.165, 1.54) is 30.3 Å². The molecule has 2 aromatic carbocycles. The average Bonchev–Trinajstić information content (AvgIpc) is 3.12. The summed E-state index contributed by atoms with van der Waals surface area (Å²) in [5.74, 6) is 0.904. The number of nitrogens with one attached hydrogen (secondary N) is 2. The van der Waals surface area contributed by atoms with Crippen molar-refractivity contribution in [3.05, 3.63) is 76.6 Å². The van der Waals surface area contributed by atoms with Crippen molar-refractivity contribution in [2.24, 2.45) is 7.05 Å². The summed E-state index contributed by atoms with van der Waals surface area (Å²) in [5, 5.41) is 11.5. The number of aromatic nitrogens is 3. The molecule has 4 rings (SSSR count). The molecule has 1 fully saturated rings. The fourth-order valence-electron chi connectivity index (χ4n) is 3.47. The largest absolute Gasteiger partial charge is 0.325 e. The van der Waals surface area contributed by atoms with Crippen LogP contribution in [0.15, 0.2) is 48.5 Å². The maximum absolute atomic E-state index is 13.4. The molecule has 10 heteroatoms. The third-order valence-corrected chi connectivity index (χ3v) is 6.46. The molecule has 0 radical (unpaired) electrons. The first-order chi connectivity index (χ1) is 14.9. The number of rotatable bonds is 5. The van der Waals surface area contributed by atoms with E-state index in [1.807, 2.05) is 41.2 Å². The lowest BCUT2D eigenvalue weighted by Crippen LogP contribution is -2.46. The van der Waals surface area contributed by atoms with Gasteiger partial charge in [0, 0.05) is 31.3 Å². The third kappa shape index (κ3) is 4.90. The number of amides is 1. The molecule has 2 atom stereocenters. The summed E-state index contributed by atoms with van der Waals surface area (Å²) >= 11 is 7.17. The number of benzene rings is 2. The highest BCUT2D eigenvalue weighted by molar-refractivity contribution is 7.95. The molecule has 162 valence electrons. The smallest absolute Gasteiger partial charge is 0.242 e. The van der Waals surface area contributed by atoms with Gasteiger partial charge in [0.15, 0.2) is 5.82 Å². The van der Waals surface area contributed by atoms with Crippen molar-refractivity contribution < 1.29 is 9.18 Å². The van der Waals surface area contributed by atoms with Crippen LogP contribution in [0.5, 0.6) is 0 Å². The van der Waals surface area contributed by atoms with Gasteiger partial charge in [-0.1, -0.05) is 41.9 Å². The predicted octanol–water partition coefficient (Wildman–Crippen LogP) is 3.74. The summed E-state index contributed by atoms with van der Waals surface area (Å²) in [6.07, 6.45) is 1.18. The topological polar surface area (TPSA) is 75.1 Å². The number of hydrogen-bond acceptors (Lipinski definition) is 6. The van der Waals surface area contributed by atoms with Gasteiger partial charge in [-0.25, -0.2) is 13.4 Å². The van der Waals surface area contributed by atoms with E-state index in [0.717, 1.165) is 17.2 Å². The van der Waals surface area contributed by atoms with E-state index in [1.54, 1.807) is 0 Å². The summed E-state index contributed by atoms with van der Waals surface area (Å²) in [6.45, 7) is 0. The Balaban J connectivity index is 1.47. The van der Waals surface area contributed by atoms with Crippen molar-refractivity contribution in [3.63, 3.8) is 0 Å². The van der Waals surface area contributed by atoms with Crippen LogP contribution in [0.25, 0.3) is 0 Å². The third-order valence-electron chi connectivity index (χ3n) is 5.24. The van der Waals surface area contributed by atoms with Gasteiger partial charge in [-0.05, 0) is 37.2 Å². The number of nitrogens with zero attached hydrogens (tertiary/aromatic N) is 4. The predicted molar refractivity (Wildman–Crippen MR) is 120 cm³/mol. The van der Waals surface area contributed by atoms with Crippen molar-refractivity contribution in [2.45, 2.75) is 24.9 Å². The number of anilines is 1. The molecular weight excluding hydrogens is 439 g/mol. The first-order valence-corrected chi connectivity index (χ1v) is 10.9. The van der Waals surface area contributed by atoms with E-state index in [0.29, 0.717) is 18.5 Å². The molecule has 7 nitrogen and oxygen atoms in total. The minimum Gasteiger partial charge on any atom is -0.325 e. The first kappa shape index (κ1) is 21.8. The van der Waals surface area contributed by atoms with Crippen molar-refractivity contribution in [2.75, 3.05) is 12.4 Å². The van der Waals surface area contributed by atoms with Crippen LogP contribution in [0, 0.1) is 5.82 Å². The van der Waals surface area contributed by atoms with E-state index in [2.05, 4.69) is 32.4 Å². The van der Waals surface area contributed by atoms with Crippen LogP contribution in [-0.2, 0) is 18.3 Å². The molecular formula is C21H22ClFN6OS. The molecule has 3 aromatic rings. The minimum atomic E-state index is -0.525. The Morgan fingerprint density at radius 3 is 2.77 bits per heavy atom. The Bertz CT molecular complexity index is 1080. The van der Waals surface area contributed by atoms with Crippen LogP contribution in [0.1, 0.15) is 29.7 Å². The number of carbonyl (C=O) groups excluding carboxylic acids is 1. The first-order valence-electron chi connectivity index (χ1n) is 9.75. The second-order valence-corrected chi connectivity index (χ2v) is 8.77. The van der Waals surface area contributed by atoms with Gasteiger partial charge in [0.05, 0.1) is 11.1 Å². The molecule has 0 aliphatic carbocycles. The molecule has 2 N–H and O–H groups in total. The Morgan fingerprint density at radius 2 is 2.03 bits per heavy atom. The maximum Gasteiger partial charge on any atom is 0.242 e. The van der Waals surface area contributed by atoms with Gasteiger partial charge in [0.25, 0.3) is 0 Å². The summed E-state index contributed by atoms with van der Waals surface area (Å²) < 4.78 is 20.5. The molecule has 2 unspecified atom stereocenters. The number of halogens is 2. The second-order valence-electron chi connectivity index (χ2n) is 7.37. The summed E-state index contributed by atoms with van der Waals surface area (Å²) in [7, 11) is 3.78. The van der Waals surface area contributed by atoms with Crippen molar-refractivity contribution in [3.8, 4) is 0 Å². The second kappa shape index (κ2) is 9.35. The molecule has 1 amide bonds. The number of likely N-dealkylation sites (N-methyl/N-ethyl adjacent to an activating group) is 1. The summed E-state index contributed by atoms with van der Waals surface area (Å²) in [5.41, 5.74) is 1.61. The number of hydrogen-bond donors (Lipinski definition) is 2.